The number of ether oxygens (including phenoxy) is 2. The molecule has 1 amide bonds. The van der Waals surface area contributed by atoms with Crippen LogP contribution in [0.5, 0.6) is 0 Å². The van der Waals surface area contributed by atoms with E-state index in [1.54, 1.807) is 7.11 Å². The Bertz CT molecular complexity index is 279. The number of nitrogens with zero attached hydrogens (tertiary/aromatic N) is 1. The summed E-state index contributed by atoms with van der Waals surface area (Å²) >= 11 is 0. The normalized spacial score (nSPS) is 30.4. The van der Waals surface area contributed by atoms with Gasteiger partial charge in [-0.3, -0.25) is 4.79 Å². The van der Waals surface area contributed by atoms with E-state index in [0.717, 1.165) is 32.4 Å². The Hall–Kier alpha value is -0.650. The molecule has 1 saturated carbocycles. The van der Waals surface area contributed by atoms with Crippen molar-refractivity contribution in [3.05, 3.63) is 0 Å². The summed E-state index contributed by atoms with van der Waals surface area (Å²) in [6.45, 7) is 4.71. The number of methoxy groups -OCH3 is 1. The van der Waals surface area contributed by atoms with E-state index in [1.807, 2.05) is 11.8 Å². The third kappa shape index (κ3) is 3.43. The minimum atomic E-state index is -0.108. The Kier molecular flexibility index (Phi) is 4.97. The standard InChI is InChI=1S/C13H24N2O3/c1-10(13(16)15-5-7-18-8-6-15)14-11-3-4-12(9-11)17-2/h10-12,14H,3-9H2,1-2H3. The highest BCUT2D eigenvalue weighted by Gasteiger charge is 2.29. The van der Waals surface area contributed by atoms with E-state index in [4.69, 9.17) is 9.47 Å². The lowest BCUT2D eigenvalue weighted by atomic mass is 10.2. The summed E-state index contributed by atoms with van der Waals surface area (Å²) in [5.41, 5.74) is 0. The van der Waals surface area contributed by atoms with Gasteiger partial charge in [-0.1, -0.05) is 0 Å². The molecular formula is C13H24N2O3. The van der Waals surface area contributed by atoms with Gasteiger partial charge in [0.05, 0.1) is 25.4 Å². The molecule has 0 spiro atoms. The number of carbonyl (C=O) groups is 1. The topological polar surface area (TPSA) is 50.8 Å². The zero-order valence-electron chi connectivity index (χ0n) is 11.4. The highest BCUT2D eigenvalue weighted by Crippen LogP contribution is 2.21. The lowest BCUT2D eigenvalue weighted by molar-refractivity contribution is -0.137. The van der Waals surface area contributed by atoms with Gasteiger partial charge in [0.1, 0.15) is 0 Å². The van der Waals surface area contributed by atoms with Crippen LogP contribution in [0.3, 0.4) is 0 Å². The summed E-state index contributed by atoms with van der Waals surface area (Å²) in [5, 5.41) is 3.43. The van der Waals surface area contributed by atoms with Crippen molar-refractivity contribution in [3.63, 3.8) is 0 Å². The SMILES string of the molecule is COC1CCC(NC(C)C(=O)N2CCOCC2)C1. The molecule has 5 nitrogen and oxygen atoms in total. The Labute approximate surface area is 109 Å². The van der Waals surface area contributed by atoms with Crippen molar-refractivity contribution in [2.24, 2.45) is 0 Å². The maximum Gasteiger partial charge on any atom is 0.239 e. The second-order valence-electron chi connectivity index (χ2n) is 5.19. The first kappa shape index (κ1) is 13.8. The van der Waals surface area contributed by atoms with Crippen LogP contribution in [-0.4, -0.2) is 62.4 Å². The predicted octanol–water partition coefficient (Wildman–Crippen LogP) is 0.391. The Morgan fingerprint density at radius 2 is 2.11 bits per heavy atom. The third-order valence-corrected chi connectivity index (χ3v) is 3.90. The second kappa shape index (κ2) is 6.50. The van der Waals surface area contributed by atoms with Crippen LogP contribution in [0.2, 0.25) is 0 Å². The largest absolute Gasteiger partial charge is 0.381 e. The molecule has 2 rings (SSSR count). The van der Waals surface area contributed by atoms with Crippen molar-refractivity contribution in [2.75, 3.05) is 33.4 Å². The molecule has 0 radical (unpaired) electrons. The van der Waals surface area contributed by atoms with Crippen LogP contribution < -0.4 is 5.32 Å². The van der Waals surface area contributed by atoms with E-state index < -0.39 is 0 Å². The molecule has 104 valence electrons. The average molecular weight is 256 g/mol. The molecule has 1 heterocycles. The van der Waals surface area contributed by atoms with Gasteiger partial charge in [-0.25, -0.2) is 0 Å². The van der Waals surface area contributed by atoms with Gasteiger partial charge in [0, 0.05) is 26.2 Å². The molecule has 3 atom stereocenters. The summed E-state index contributed by atoms with van der Waals surface area (Å²) in [4.78, 5) is 14.1. The molecule has 3 unspecified atom stereocenters. The van der Waals surface area contributed by atoms with Gasteiger partial charge in [-0.15, -0.1) is 0 Å². The lowest BCUT2D eigenvalue weighted by Gasteiger charge is -2.30. The highest BCUT2D eigenvalue weighted by molar-refractivity contribution is 5.81. The Balaban J connectivity index is 1.76. The number of amides is 1. The molecule has 1 saturated heterocycles. The van der Waals surface area contributed by atoms with Crippen molar-refractivity contribution < 1.29 is 14.3 Å². The third-order valence-electron chi connectivity index (χ3n) is 3.90. The van der Waals surface area contributed by atoms with Gasteiger partial charge in [0.15, 0.2) is 0 Å². The van der Waals surface area contributed by atoms with Crippen LogP contribution in [0, 0.1) is 0 Å². The van der Waals surface area contributed by atoms with Gasteiger partial charge < -0.3 is 19.7 Å². The fraction of sp³-hybridized carbons (Fsp3) is 0.923. The monoisotopic (exact) mass is 256 g/mol. The molecule has 2 aliphatic rings. The fourth-order valence-electron chi connectivity index (χ4n) is 2.79. The van der Waals surface area contributed by atoms with Crippen LogP contribution in [0.15, 0.2) is 0 Å². The molecule has 0 aromatic heterocycles. The van der Waals surface area contributed by atoms with Gasteiger partial charge in [-0.2, -0.15) is 0 Å². The van der Waals surface area contributed by atoms with Gasteiger partial charge in [-0.05, 0) is 26.2 Å². The molecule has 0 aromatic carbocycles. The molecule has 5 heteroatoms. The number of morpholine rings is 1. The lowest BCUT2D eigenvalue weighted by Crippen LogP contribution is -2.51. The zero-order valence-corrected chi connectivity index (χ0v) is 11.4. The number of nitrogens with one attached hydrogen (secondary N) is 1. The van der Waals surface area contributed by atoms with Gasteiger partial charge in [0.2, 0.25) is 5.91 Å². The minimum absolute atomic E-state index is 0.108. The summed E-state index contributed by atoms with van der Waals surface area (Å²) in [5.74, 6) is 0.194. The summed E-state index contributed by atoms with van der Waals surface area (Å²) < 4.78 is 10.6. The van der Waals surface area contributed by atoms with Crippen molar-refractivity contribution in [1.82, 2.24) is 10.2 Å². The predicted molar refractivity (Wildman–Crippen MR) is 68.4 cm³/mol. The van der Waals surface area contributed by atoms with E-state index >= 15 is 0 Å². The molecular weight excluding hydrogens is 232 g/mol. The molecule has 1 aliphatic heterocycles. The van der Waals surface area contributed by atoms with Crippen LogP contribution in [0.4, 0.5) is 0 Å². The maximum atomic E-state index is 12.2. The van der Waals surface area contributed by atoms with Crippen molar-refractivity contribution >= 4 is 5.91 Å². The first-order chi connectivity index (χ1) is 8.70. The maximum absolute atomic E-state index is 12.2. The second-order valence-corrected chi connectivity index (χ2v) is 5.19. The Morgan fingerprint density at radius 1 is 1.39 bits per heavy atom. The van der Waals surface area contributed by atoms with Crippen LogP contribution in [0.25, 0.3) is 0 Å². The van der Waals surface area contributed by atoms with Crippen molar-refractivity contribution in [3.8, 4) is 0 Å². The average Bonchev–Trinajstić information content (AvgIpc) is 2.86. The van der Waals surface area contributed by atoms with Crippen LogP contribution in [0.1, 0.15) is 26.2 Å². The molecule has 0 bridgehead atoms. The minimum Gasteiger partial charge on any atom is -0.381 e. The molecule has 1 aliphatic carbocycles. The first-order valence-corrected chi connectivity index (χ1v) is 6.86. The molecule has 0 aromatic rings. The van der Waals surface area contributed by atoms with E-state index in [-0.39, 0.29) is 11.9 Å². The van der Waals surface area contributed by atoms with Gasteiger partial charge in [0.25, 0.3) is 0 Å². The first-order valence-electron chi connectivity index (χ1n) is 6.86. The van der Waals surface area contributed by atoms with Crippen LogP contribution in [-0.2, 0) is 14.3 Å². The summed E-state index contributed by atoms with van der Waals surface area (Å²) in [7, 11) is 1.76. The Morgan fingerprint density at radius 3 is 2.72 bits per heavy atom. The van der Waals surface area contributed by atoms with E-state index in [2.05, 4.69) is 5.32 Å². The number of carbonyl (C=O) groups excluding carboxylic acids is 1. The summed E-state index contributed by atoms with van der Waals surface area (Å²) in [6, 6.07) is 0.304. The van der Waals surface area contributed by atoms with E-state index in [9.17, 15) is 4.79 Å². The quantitative estimate of drug-likeness (QED) is 0.790. The van der Waals surface area contributed by atoms with Crippen LogP contribution >= 0.6 is 0 Å². The zero-order chi connectivity index (χ0) is 13.0. The van der Waals surface area contributed by atoms with E-state index in [0.29, 0.717) is 25.4 Å². The van der Waals surface area contributed by atoms with Crippen molar-refractivity contribution in [2.45, 2.75) is 44.4 Å². The molecule has 2 fully saturated rings. The highest BCUT2D eigenvalue weighted by atomic mass is 16.5. The summed E-state index contributed by atoms with van der Waals surface area (Å²) in [6.07, 6.45) is 3.55. The van der Waals surface area contributed by atoms with Crippen molar-refractivity contribution in [1.29, 1.82) is 0 Å². The number of rotatable bonds is 4. The number of hydrogen-bond acceptors (Lipinski definition) is 4. The number of hydrogen-bond donors (Lipinski definition) is 1. The molecule has 18 heavy (non-hydrogen) atoms. The van der Waals surface area contributed by atoms with E-state index in [1.165, 1.54) is 0 Å². The fourth-order valence-corrected chi connectivity index (χ4v) is 2.79. The smallest absolute Gasteiger partial charge is 0.239 e. The van der Waals surface area contributed by atoms with Gasteiger partial charge >= 0.3 is 0 Å². The molecule has 1 N–H and O–H groups in total.